The van der Waals surface area contributed by atoms with Crippen LogP contribution in [0.25, 0.3) is 0 Å². The number of hydrogen-bond donors (Lipinski definition) is 2. The summed E-state index contributed by atoms with van der Waals surface area (Å²) in [5.41, 5.74) is 3.66. The van der Waals surface area contributed by atoms with E-state index in [0.717, 1.165) is 30.9 Å². The Labute approximate surface area is 107 Å². The Kier molecular flexibility index (Phi) is 3.69. The molecule has 2 atom stereocenters. The maximum Gasteiger partial charge on any atom is 0.159 e. The molecule has 2 nitrogen and oxygen atoms in total. The monoisotopic (exact) mass is 254 g/mol. The van der Waals surface area contributed by atoms with Gasteiger partial charge in [0.1, 0.15) is 0 Å². The average molecular weight is 254 g/mol. The lowest BCUT2D eigenvalue weighted by Crippen LogP contribution is -2.37. The van der Waals surface area contributed by atoms with Gasteiger partial charge in [-0.2, -0.15) is 0 Å². The molecule has 1 aromatic rings. The molecular weight excluding hydrogens is 234 g/mol. The molecule has 1 aliphatic rings. The molecule has 4 heteroatoms. The first-order valence-electron chi connectivity index (χ1n) is 6.37. The second kappa shape index (κ2) is 4.94. The molecule has 1 saturated carbocycles. The van der Waals surface area contributed by atoms with Gasteiger partial charge in [-0.1, -0.05) is 26.3 Å². The molecule has 2 rings (SSSR count). The van der Waals surface area contributed by atoms with E-state index in [4.69, 9.17) is 5.84 Å². The van der Waals surface area contributed by atoms with E-state index in [1.165, 1.54) is 6.07 Å². The van der Waals surface area contributed by atoms with Crippen LogP contribution in [-0.2, 0) is 0 Å². The molecule has 1 aliphatic carbocycles. The number of hydrazine groups is 1. The van der Waals surface area contributed by atoms with Gasteiger partial charge in [0.25, 0.3) is 0 Å². The Hall–Kier alpha value is -1.00. The Morgan fingerprint density at radius 2 is 2.06 bits per heavy atom. The van der Waals surface area contributed by atoms with Crippen LogP contribution in [0.3, 0.4) is 0 Å². The smallest absolute Gasteiger partial charge is 0.159 e. The molecule has 100 valence electrons. The summed E-state index contributed by atoms with van der Waals surface area (Å²) in [7, 11) is 0. The fourth-order valence-electron chi connectivity index (χ4n) is 3.12. The Morgan fingerprint density at radius 3 is 2.56 bits per heavy atom. The van der Waals surface area contributed by atoms with Crippen molar-refractivity contribution in [1.29, 1.82) is 0 Å². The third kappa shape index (κ3) is 2.40. The van der Waals surface area contributed by atoms with Crippen LogP contribution in [0, 0.1) is 23.0 Å². The number of nitrogens with one attached hydrogen (secondary N) is 1. The van der Waals surface area contributed by atoms with E-state index in [9.17, 15) is 8.78 Å². The predicted molar refractivity (Wildman–Crippen MR) is 67.5 cm³/mol. The Bertz CT molecular complexity index is 432. The fourth-order valence-corrected chi connectivity index (χ4v) is 3.12. The number of benzene rings is 1. The van der Waals surface area contributed by atoms with Crippen molar-refractivity contribution in [2.24, 2.45) is 17.2 Å². The molecule has 0 bridgehead atoms. The summed E-state index contributed by atoms with van der Waals surface area (Å²) >= 11 is 0. The molecule has 0 amide bonds. The highest BCUT2D eigenvalue weighted by Crippen LogP contribution is 2.48. The van der Waals surface area contributed by atoms with Crippen LogP contribution in [0.15, 0.2) is 18.2 Å². The molecule has 0 aliphatic heterocycles. The number of nitrogens with two attached hydrogens (primary N) is 1. The SMILES string of the molecule is CC1(C)CCCC1C(NN)c1ccc(F)c(F)c1. The third-order valence-electron chi connectivity index (χ3n) is 4.22. The zero-order valence-electron chi connectivity index (χ0n) is 10.8. The van der Waals surface area contributed by atoms with Gasteiger partial charge in [0.15, 0.2) is 11.6 Å². The molecule has 1 aromatic carbocycles. The van der Waals surface area contributed by atoms with Gasteiger partial charge < -0.3 is 0 Å². The highest BCUT2D eigenvalue weighted by molar-refractivity contribution is 5.23. The standard InChI is InChI=1S/C14H20F2N2/c1-14(2)7-3-4-10(14)13(18-17)9-5-6-11(15)12(16)8-9/h5-6,8,10,13,18H,3-4,7,17H2,1-2H3. The van der Waals surface area contributed by atoms with Crippen LogP contribution in [0.5, 0.6) is 0 Å². The van der Waals surface area contributed by atoms with Crippen molar-refractivity contribution in [2.75, 3.05) is 0 Å². The van der Waals surface area contributed by atoms with E-state index in [1.54, 1.807) is 6.07 Å². The molecule has 3 N–H and O–H groups in total. The Morgan fingerprint density at radius 1 is 1.33 bits per heavy atom. The molecule has 1 fully saturated rings. The highest BCUT2D eigenvalue weighted by Gasteiger charge is 2.39. The zero-order valence-corrected chi connectivity index (χ0v) is 10.8. The predicted octanol–water partition coefficient (Wildman–Crippen LogP) is 3.30. The average Bonchev–Trinajstić information content (AvgIpc) is 2.65. The van der Waals surface area contributed by atoms with Gasteiger partial charge in [0.05, 0.1) is 0 Å². The third-order valence-corrected chi connectivity index (χ3v) is 4.22. The molecule has 0 heterocycles. The minimum absolute atomic E-state index is 0.127. The van der Waals surface area contributed by atoms with E-state index in [1.807, 2.05) is 0 Å². The molecule has 0 saturated heterocycles. The lowest BCUT2D eigenvalue weighted by atomic mass is 9.75. The van der Waals surface area contributed by atoms with Crippen molar-refractivity contribution in [3.63, 3.8) is 0 Å². The van der Waals surface area contributed by atoms with Gasteiger partial charge in [-0.15, -0.1) is 0 Å². The largest absolute Gasteiger partial charge is 0.271 e. The molecule has 0 aromatic heterocycles. The molecule has 18 heavy (non-hydrogen) atoms. The van der Waals surface area contributed by atoms with Crippen molar-refractivity contribution < 1.29 is 8.78 Å². The Balaban J connectivity index is 2.30. The quantitative estimate of drug-likeness (QED) is 0.641. The summed E-state index contributed by atoms with van der Waals surface area (Å²) in [6, 6.07) is 3.89. The number of hydrogen-bond acceptors (Lipinski definition) is 2. The van der Waals surface area contributed by atoms with Crippen LogP contribution in [0.2, 0.25) is 0 Å². The summed E-state index contributed by atoms with van der Waals surface area (Å²) < 4.78 is 26.3. The topological polar surface area (TPSA) is 38.0 Å². The maximum absolute atomic E-state index is 13.3. The lowest BCUT2D eigenvalue weighted by Gasteiger charge is -2.34. The summed E-state index contributed by atoms with van der Waals surface area (Å²) in [6.07, 6.45) is 3.35. The fraction of sp³-hybridized carbons (Fsp3) is 0.571. The molecule has 2 unspecified atom stereocenters. The van der Waals surface area contributed by atoms with Gasteiger partial charge in [-0.05, 0) is 41.9 Å². The number of rotatable bonds is 3. The zero-order chi connectivity index (χ0) is 13.3. The van der Waals surface area contributed by atoms with E-state index in [-0.39, 0.29) is 11.5 Å². The van der Waals surface area contributed by atoms with E-state index in [0.29, 0.717) is 5.92 Å². The minimum atomic E-state index is -0.819. The van der Waals surface area contributed by atoms with Crippen LogP contribution in [-0.4, -0.2) is 0 Å². The van der Waals surface area contributed by atoms with Gasteiger partial charge in [-0.25, -0.2) is 8.78 Å². The van der Waals surface area contributed by atoms with Gasteiger partial charge in [0.2, 0.25) is 0 Å². The molecule has 0 radical (unpaired) electrons. The first-order chi connectivity index (χ1) is 8.45. The summed E-state index contributed by atoms with van der Waals surface area (Å²) in [6.45, 7) is 4.41. The lowest BCUT2D eigenvalue weighted by molar-refractivity contribution is 0.198. The minimum Gasteiger partial charge on any atom is -0.271 e. The van der Waals surface area contributed by atoms with Crippen LogP contribution in [0.1, 0.15) is 44.7 Å². The number of halogens is 2. The van der Waals surface area contributed by atoms with E-state index >= 15 is 0 Å². The van der Waals surface area contributed by atoms with E-state index in [2.05, 4.69) is 19.3 Å². The van der Waals surface area contributed by atoms with Crippen molar-refractivity contribution in [2.45, 2.75) is 39.2 Å². The van der Waals surface area contributed by atoms with Crippen LogP contribution < -0.4 is 11.3 Å². The normalized spacial score (nSPS) is 24.2. The second-order valence-corrected chi connectivity index (χ2v) is 5.81. The molecule has 0 spiro atoms. The molecular formula is C14H20F2N2. The van der Waals surface area contributed by atoms with Crippen molar-refractivity contribution in [3.8, 4) is 0 Å². The van der Waals surface area contributed by atoms with Gasteiger partial charge in [0, 0.05) is 6.04 Å². The summed E-state index contributed by atoms with van der Waals surface area (Å²) in [4.78, 5) is 0. The van der Waals surface area contributed by atoms with Crippen molar-refractivity contribution in [3.05, 3.63) is 35.4 Å². The second-order valence-electron chi connectivity index (χ2n) is 5.81. The van der Waals surface area contributed by atoms with Crippen LogP contribution in [0.4, 0.5) is 8.78 Å². The maximum atomic E-state index is 13.3. The van der Waals surface area contributed by atoms with Crippen LogP contribution >= 0.6 is 0 Å². The van der Waals surface area contributed by atoms with Crippen molar-refractivity contribution >= 4 is 0 Å². The first-order valence-corrected chi connectivity index (χ1v) is 6.37. The van der Waals surface area contributed by atoms with Gasteiger partial charge >= 0.3 is 0 Å². The highest BCUT2D eigenvalue weighted by atomic mass is 19.2. The summed E-state index contributed by atoms with van der Waals surface area (Å²) in [5.74, 6) is 4.33. The van der Waals surface area contributed by atoms with Crippen molar-refractivity contribution in [1.82, 2.24) is 5.43 Å². The van der Waals surface area contributed by atoms with Gasteiger partial charge in [-0.3, -0.25) is 11.3 Å². The first kappa shape index (κ1) is 13.4. The van der Waals surface area contributed by atoms with E-state index < -0.39 is 11.6 Å². The summed E-state index contributed by atoms with van der Waals surface area (Å²) in [5, 5.41) is 0.